The van der Waals surface area contributed by atoms with Crippen LogP contribution in [-0.4, -0.2) is 41.6 Å². The van der Waals surface area contributed by atoms with Crippen molar-refractivity contribution in [1.82, 2.24) is 5.32 Å². The Bertz CT molecular complexity index is 627. The first-order valence-corrected chi connectivity index (χ1v) is 7.37. The summed E-state index contributed by atoms with van der Waals surface area (Å²) in [5.74, 6) is -1.13. The summed E-state index contributed by atoms with van der Waals surface area (Å²) in [7, 11) is 0. The number of benzene rings is 1. The number of ether oxygens (including phenoxy) is 1. The van der Waals surface area contributed by atoms with E-state index in [0.29, 0.717) is 18.7 Å². The minimum Gasteiger partial charge on any atom is -0.484 e. The monoisotopic (exact) mass is 320 g/mol. The summed E-state index contributed by atoms with van der Waals surface area (Å²) in [4.78, 5) is 36.1. The van der Waals surface area contributed by atoms with Gasteiger partial charge in [0.2, 0.25) is 5.91 Å². The fourth-order valence-corrected chi connectivity index (χ4v) is 2.25. The summed E-state index contributed by atoms with van der Waals surface area (Å²) in [6.07, 6.45) is 1.37. The van der Waals surface area contributed by atoms with Gasteiger partial charge in [0.1, 0.15) is 11.3 Å². The van der Waals surface area contributed by atoms with Crippen LogP contribution in [0.1, 0.15) is 26.7 Å². The van der Waals surface area contributed by atoms with E-state index in [1.807, 2.05) is 6.07 Å². The molecule has 2 amide bonds. The summed E-state index contributed by atoms with van der Waals surface area (Å²) >= 11 is 0. The highest BCUT2D eigenvalue weighted by molar-refractivity contribution is 5.95. The minimum atomic E-state index is -1.36. The molecule has 0 spiro atoms. The Morgan fingerprint density at radius 3 is 2.74 bits per heavy atom. The Labute approximate surface area is 134 Å². The third kappa shape index (κ3) is 4.21. The van der Waals surface area contributed by atoms with Gasteiger partial charge in [-0.15, -0.1) is 0 Å². The number of carbonyl (C=O) groups excluding carboxylic acids is 2. The number of amides is 2. The van der Waals surface area contributed by atoms with Crippen LogP contribution in [-0.2, 0) is 14.4 Å². The highest BCUT2D eigenvalue weighted by atomic mass is 16.5. The Morgan fingerprint density at radius 1 is 1.39 bits per heavy atom. The van der Waals surface area contributed by atoms with Crippen molar-refractivity contribution < 1.29 is 24.2 Å². The molecule has 1 fully saturated rings. The molecule has 0 aliphatic carbocycles. The highest BCUT2D eigenvalue weighted by Crippen LogP contribution is 2.25. The van der Waals surface area contributed by atoms with E-state index in [1.54, 1.807) is 23.1 Å². The van der Waals surface area contributed by atoms with Crippen LogP contribution < -0.4 is 15.0 Å². The van der Waals surface area contributed by atoms with E-state index in [1.165, 1.54) is 13.8 Å². The molecule has 0 aromatic heterocycles. The molecule has 0 unspecified atom stereocenters. The van der Waals surface area contributed by atoms with Gasteiger partial charge in [-0.05, 0) is 32.4 Å². The lowest BCUT2D eigenvalue weighted by molar-refractivity contribution is -0.146. The van der Waals surface area contributed by atoms with Crippen LogP contribution in [0.15, 0.2) is 24.3 Å². The number of aliphatic carboxylic acids is 1. The maximum absolute atomic E-state index is 11.8. The predicted molar refractivity (Wildman–Crippen MR) is 83.4 cm³/mol. The average Bonchev–Trinajstić information content (AvgIpc) is 2.91. The van der Waals surface area contributed by atoms with E-state index in [0.717, 1.165) is 12.1 Å². The zero-order chi connectivity index (χ0) is 17.0. The van der Waals surface area contributed by atoms with Gasteiger partial charge in [0.25, 0.3) is 5.91 Å². The Morgan fingerprint density at radius 2 is 2.13 bits per heavy atom. The lowest BCUT2D eigenvalue weighted by Crippen LogP contribution is -2.51. The van der Waals surface area contributed by atoms with Crippen molar-refractivity contribution in [3.8, 4) is 5.75 Å². The first-order valence-electron chi connectivity index (χ1n) is 7.37. The summed E-state index contributed by atoms with van der Waals surface area (Å²) < 4.78 is 5.39. The third-order valence-electron chi connectivity index (χ3n) is 3.56. The summed E-state index contributed by atoms with van der Waals surface area (Å²) in [5.41, 5.74) is -0.624. The number of anilines is 1. The van der Waals surface area contributed by atoms with E-state index >= 15 is 0 Å². The highest BCUT2D eigenvalue weighted by Gasteiger charge is 2.29. The molecule has 7 nitrogen and oxygen atoms in total. The molecule has 1 heterocycles. The van der Waals surface area contributed by atoms with Crippen molar-refractivity contribution >= 4 is 23.5 Å². The van der Waals surface area contributed by atoms with Crippen LogP contribution in [0.2, 0.25) is 0 Å². The smallest absolute Gasteiger partial charge is 0.328 e. The molecule has 2 rings (SSSR count). The van der Waals surface area contributed by atoms with Gasteiger partial charge in [-0.1, -0.05) is 6.07 Å². The Balaban J connectivity index is 1.95. The maximum atomic E-state index is 11.8. The lowest BCUT2D eigenvalue weighted by Gasteiger charge is -2.21. The number of nitrogens with zero attached hydrogens (tertiary/aromatic N) is 1. The minimum absolute atomic E-state index is 0.0723. The van der Waals surface area contributed by atoms with Crippen molar-refractivity contribution in [2.45, 2.75) is 32.2 Å². The molecule has 23 heavy (non-hydrogen) atoms. The van der Waals surface area contributed by atoms with Crippen molar-refractivity contribution in [3.63, 3.8) is 0 Å². The van der Waals surface area contributed by atoms with Crippen molar-refractivity contribution in [2.75, 3.05) is 18.1 Å². The molecule has 1 aromatic rings. The Hall–Kier alpha value is -2.57. The second-order valence-corrected chi connectivity index (χ2v) is 5.91. The van der Waals surface area contributed by atoms with Crippen LogP contribution >= 0.6 is 0 Å². The quantitative estimate of drug-likeness (QED) is 0.820. The van der Waals surface area contributed by atoms with Crippen molar-refractivity contribution in [1.29, 1.82) is 0 Å². The maximum Gasteiger partial charge on any atom is 0.328 e. The number of carboxylic acids is 1. The molecule has 2 N–H and O–H groups in total. The van der Waals surface area contributed by atoms with Gasteiger partial charge in [0, 0.05) is 24.7 Å². The lowest BCUT2D eigenvalue weighted by atomic mass is 10.1. The molecule has 1 saturated heterocycles. The van der Waals surface area contributed by atoms with Gasteiger partial charge in [0.05, 0.1) is 0 Å². The number of nitrogens with one attached hydrogen (secondary N) is 1. The molecule has 1 aromatic carbocycles. The molecular weight excluding hydrogens is 300 g/mol. The molecule has 0 radical (unpaired) electrons. The fraction of sp³-hybridized carbons (Fsp3) is 0.438. The van der Waals surface area contributed by atoms with Gasteiger partial charge < -0.3 is 20.1 Å². The van der Waals surface area contributed by atoms with Crippen molar-refractivity contribution in [3.05, 3.63) is 24.3 Å². The van der Waals surface area contributed by atoms with Crippen molar-refractivity contribution in [2.24, 2.45) is 0 Å². The molecular formula is C16H20N2O5. The molecule has 7 heteroatoms. The number of hydrogen-bond donors (Lipinski definition) is 2. The zero-order valence-corrected chi connectivity index (χ0v) is 13.2. The summed E-state index contributed by atoms with van der Waals surface area (Å²) in [6.45, 7) is 3.17. The third-order valence-corrected chi connectivity index (χ3v) is 3.56. The van der Waals surface area contributed by atoms with Gasteiger partial charge in [-0.3, -0.25) is 9.59 Å². The molecule has 1 aliphatic heterocycles. The molecule has 0 saturated carbocycles. The topological polar surface area (TPSA) is 95.9 Å². The number of hydrogen-bond acceptors (Lipinski definition) is 4. The average molecular weight is 320 g/mol. The number of carboxylic acid groups (broad SMARTS) is 1. The van der Waals surface area contributed by atoms with Gasteiger partial charge >= 0.3 is 5.97 Å². The molecule has 0 atom stereocenters. The SMILES string of the molecule is CC(C)(NC(=O)COc1cccc(N2CCCC2=O)c1)C(=O)O. The number of rotatable bonds is 6. The van der Waals surface area contributed by atoms with E-state index in [9.17, 15) is 14.4 Å². The van der Waals surface area contributed by atoms with E-state index in [4.69, 9.17) is 9.84 Å². The second kappa shape index (κ2) is 6.68. The number of carbonyl (C=O) groups is 3. The van der Waals surface area contributed by atoms with Crippen LogP contribution in [0, 0.1) is 0 Å². The summed E-state index contributed by atoms with van der Waals surface area (Å²) in [6, 6.07) is 6.93. The van der Waals surface area contributed by atoms with Gasteiger partial charge in [-0.2, -0.15) is 0 Å². The first kappa shape index (κ1) is 16.8. The molecule has 0 bridgehead atoms. The van der Waals surface area contributed by atoms with E-state index in [-0.39, 0.29) is 12.5 Å². The zero-order valence-electron chi connectivity index (χ0n) is 13.2. The van der Waals surface area contributed by atoms with Crippen LogP contribution in [0.25, 0.3) is 0 Å². The standard InChI is InChI=1S/C16H20N2O5/c1-16(2,15(21)22)17-13(19)10-23-12-6-3-5-11(9-12)18-8-4-7-14(18)20/h3,5-6,9H,4,7-8,10H2,1-2H3,(H,17,19)(H,21,22). The second-order valence-electron chi connectivity index (χ2n) is 5.91. The van der Waals surface area contributed by atoms with E-state index < -0.39 is 17.4 Å². The van der Waals surface area contributed by atoms with E-state index in [2.05, 4.69) is 5.32 Å². The van der Waals surface area contributed by atoms with Crippen LogP contribution in [0.5, 0.6) is 5.75 Å². The summed E-state index contributed by atoms with van der Waals surface area (Å²) in [5, 5.41) is 11.3. The Kier molecular flexibility index (Phi) is 4.88. The fourth-order valence-electron chi connectivity index (χ4n) is 2.25. The first-order chi connectivity index (χ1) is 10.8. The normalized spacial score (nSPS) is 14.7. The predicted octanol–water partition coefficient (Wildman–Crippen LogP) is 1.17. The van der Waals surface area contributed by atoms with Gasteiger partial charge in [0.15, 0.2) is 6.61 Å². The van der Waals surface area contributed by atoms with Crippen LogP contribution in [0.3, 0.4) is 0 Å². The van der Waals surface area contributed by atoms with Crippen LogP contribution in [0.4, 0.5) is 5.69 Å². The molecule has 124 valence electrons. The largest absolute Gasteiger partial charge is 0.484 e. The van der Waals surface area contributed by atoms with Gasteiger partial charge in [-0.25, -0.2) is 4.79 Å². The molecule has 1 aliphatic rings.